The zero-order valence-electron chi connectivity index (χ0n) is 14.0. The van der Waals surface area contributed by atoms with Gasteiger partial charge in [-0.05, 0) is 30.9 Å². The molecule has 0 saturated heterocycles. The molecule has 2 aromatic heterocycles. The topological polar surface area (TPSA) is 83.6 Å². The number of carbonyl (C=O) groups excluding carboxylic acids is 1. The molecule has 6 nitrogen and oxygen atoms in total. The molecule has 126 valence electrons. The van der Waals surface area contributed by atoms with E-state index in [-0.39, 0.29) is 5.91 Å². The Morgan fingerprint density at radius 3 is 2.60 bits per heavy atom. The minimum absolute atomic E-state index is 0.0758. The van der Waals surface area contributed by atoms with E-state index in [1.54, 1.807) is 12.4 Å². The first-order chi connectivity index (χ1) is 12.2. The van der Waals surface area contributed by atoms with E-state index in [4.69, 9.17) is 0 Å². The monoisotopic (exact) mass is 333 g/mol. The molecule has 1 saturated carbocycles. The Morgan fingerprint density at radius 1 is 1.20 bits per heavy atom. The molecular weight excluding hydrogens is 314 g/mol. The first-order valence-electron chi connectivity index (χ1n) is 8.40. The number of hydrogen-bond acceptors (Lipinski definition) is 4. The number of H-pyrrole nitrogens is 1. The Hall–Kier alpha value is -3.02. The molecule has 25 heavy (non-hydrogen) atoms. The Morgan fingerprint density at radius 2 is 1.92 bits per heavy atom. The van der Waals surface area contributed by atoms with Crippen LogP contribution in [0.1, 0.15) is 35.6 Å². The quantitative estimate of drug-likeness (QED) is 0.751. The average molecular weight is 333 g/mol. The molecule has 0 unspecified atom stereocenters. The van der Waals surface area contributed by atoms with Crippen molar-refractivity contribution >= 4 is 11.7 Å². The fourth-order valence-corrected chi connectivity index (χ4v) is 2.69. The number of benzene rings is 1. The van der Waals surface area contributed by atoms with E-state index in [1.807, 2.05) is 37.3 Å². The molecule has 3 aromatic rings. The minimum atomic E-state index is -0.0758. The lowest BCUT2D eigenvalue weighted by atomic mass is 10.1. The molecule has 1 fully saturated rings. The van der Waals surface area contributed by atoms with Crippen LogP contribution >= 0.6 is 0 Å². The van der Waals surface area contributed by atoms with Gasteiger partial charge in [-0.25, -0.2) is 9.97 Å². The third-order valence-electron chi connectivity index (χ3n) is 4.24. The van der Waals surface area contributed by atoms with Crippen LogP contribution in [0.4, 0.5) is 5.82 Å². The number of aryl methyl sites for hydroxylation is 1. The summed E-state index contributed by atoms with van der Waals surface area (Å²) in [4.78, 5) is 20.8. The van der Waals surface area contributed by atoms with Crippen molar-refractivity contribution in [3.63, 3.8) is 0 Å². The molecule has 0 spiro atoms. The van der Waals surface area contributed by atoms with E-state index < -0.39 is 0 Å². The molecule has 0 aliphatic heterocycles. The molecule has 1 aliphatic carbocycles. The number of rotatable bonds is 5. The minimum Gasteiger partial charge on any atom is -0.309 e. The fourth-order valence-electron chi connectivity index (χ4n) is 2.69. The maximum Gasteiger partial charge on any atom is 0.229 e. The summed E-state index contributed by atoms with van der Waals surface area (Å²) in [7, 11) is 0. The van der Waals surface area contributed by atoms with Gasteiger partial charge in [-0.2, -0.15) is 5.10 Å². The van der Waals surface area contributed by atoms with Crippen molar-refractivity contribution in [3.8, 4) is 11.4 Å². The van der Waals surface area contributed by atoms with Crippen LogP contribution < -0.4 is 5.32 Å². The van der Waals surface area contributed by atoms with Crippen LogP contribution in [0.2, 0.25) is 0 Å². The van der Waals surface area contributed by atoms with Crippen LogP contribution in [-0.2, 0) is 11.2 Å². The van der Waals surface area contributed by atoms with E-state index in [0.717, 1.165) is 22.4 Å². The highest BCUT2D eigenvalue weighted by Gasteiger charge is 2.25. The number of aromatic amines is 1. The second kappa shape index (κ2) is 6.47. The SMILES string of the molecule is Cc1cnc(-c2ccc(CC(=O)Nc3cc(C4CC4)[nH]n3)cc2)nc1. The molecule has 2 heterocycles. The Bertz CT molecular complexity index is 879. The summed E-state index contributed by atoms with van der Waals surface area (Å²) in [6.07, 6.45) is 6.30. The summed E-state index contributed by atoms with van der Waals surface area (Å²) in [5.74, 6) is 1.80. The van der Waals surface area contributed by atoms with Gasteiger partial charge in [0.1, 0.15) is 0 Å². The van der Waals surface area contributed by atoms with E-state index >= 15 is 0 Å². The van der Waals surface area contributed by atoms with Gasteiger partial charge < -0.3 is 5.32 Å². The van der Waals surface area contributed by atoms with Gasteiger partial charge in [-0.1, -0.05) is 24.3 Å². The lowest BCUT2D eigenvalue weighted by Crippen LogP contribution is -2.14. The lowest BCUT2D eigenvalue weighted by Gasteiger charge is -2.04. The fraction of sp³-hybridized carbons (Fsp3) is 0.263. The summed E-state index contributed by atoms with van der Waals surface area (Å²) in [5, 5.41) is 9.97. The number of anilines is 1. The van der Waals surface area contributed by atoms with Gasteiger partial charge in [0.15, 0.2) is 11.6 Å². The standard InChI is InChI=1S/C19H19N5O/c1-12-10-20-19(21-11-12)15-4-2-13(3-5-15)8-18(25)22-17-9-16(23-24-17)14-6-7-14/h2-5,9-11,14H,6-8H2,1H3,(H2,22,23,24,25). The number of carbonyl (C=O) groups is 1. The van der Waals surface area contributed by atoms with Crippen molar-refractivity contribution in [1.82, 2.24) is 20.2 Å². The van der Waals surface area contributed by atoms with Crippen LogP contribution in [0.15, 0.2) is 42.7 Å². The molecule has 0 bridgehead atoms. The molecule has 1 aromatic carbocycles. The predicted molar refractivity (Wildman–Crippen MR) is 95.1 cm³/mol. The highest BCUT2D eigenvalue weighted by atomic mass is 16.1. The normalized spacial score (nSPS) is 13.6. The van der Waals surface area contributed by atoms with Crippen molar-refractivity contribution < 1.29 is 4.79 Å². The number of nitrogens with one attached hydrogen (secondary N) is 2. The highest BCUT2D eigenvalue weighted by Crippen LogP contribution is 2.39. The van der Waals surface area contributed by atoms with Crippen molar-refractivity contribution in [2.24, 2.45) is 0 Å². The lowest BCUT2D eigenvalue weighted by molar-refractivity contribution is -0.115. The summed E-state index contributed by atoms with van der Waals surface area (Å²) in [6, 6.07) is 9.66. The van der Waals surface area contributed by atoms with Gasteiger partial charge >= 0.3 is 0 Å². The van der Waals surface area contributed by atoms with Crippen molar-refractivity contribution in [1.29, 1.82) is 0 Å². The van der Waals surface area contributed by atoms with E-state index in [9.17, 15) is 4.79 Å². The molecular formula is C19H19N5O. The van der Waals surface area contributed by atoms with Gasteiger partial charge in [-0.15, -0.1) is 0 Å². The van der Waals surface area contributed by atoms with Crippen molar-refractivity contribution in [3.05, 3.63) is 59.5 Å². The van der Waals surface area contributed by atoms with Crippen LogP contribution in [0.3, 0.4) is 0 Å². The number of amides is 1. The predicted octanol–water partition coefficient (Wildman–Crippen LogP) is 3.23. The Balaban J connectivity index is 1.38. The number of aromatic nitrogens is 4. The largest absolute Gasteiger partial charge is 0.309 e. The van der Waals surface area contributed by atoms with Crippen LogP contribution in [0.25, 0.3) is 11.4 Å². The van der Waals surface area contributed by atoms with Gasteiger partial charge in [0.2, 0.25) is 5.91 Å². The molecule has 1 amide bonds. The summed E-state index contributed by atoms with van der Waals surface area (Å²) in [5.41, 5.74) is 4.01. The van der Waals surface area contributed by atoms with Gasteiger partial charge in [0.25, 0.3) is 0 Å². The zero-order chi connectivity index (χ0) is 17.2. The zero-order valence-corrected chi connectivity index (χ0v) is 14.0. The summed E-state index contributed by atoms with van der Waals surface area (Å²) in [6.45, 7) is 1.96. The van der Waals surface area contributed by atoms with Gasteiger partial charge in [-0.3, -0.25) is 9.89 Å². The smallest absolute Gasteiger partial charge is 0.229 e. The van der Waals surface area contributed by atoms with E-state index in [1.165, 1.54) is 12.8 Å². The van der Waals surface area contributed by atoms with Crippen LogP contribution in [-0.4, -0.2) is 26.1 Å². The third-order valence-corrected chi connectivity index (χ3v) is 4.24. The molecule has 0 atom stereocenters. The second-order valence-electron chi connectivity index (χ2n) is 6.49. The Labute approximate surface area is 145 Å². The van der Waals surface area contributed by atoms with Crippen LogP contribution in [0.5, 0.6) is 0 Å². The molecule has 0 radical (unpaired) electrons. The van der Waals surface area contributed by atoms with Crippen molar-refractivity contribution in [2.45, 2.75) is 32.1 Å². The Kier molecular flexibility index (Phi) is 4.01. The average Bonchev–Trinajstić information content (AvgIpc) is 3.36. The van der Waals surface area contributed by atoms with E-state index in [2.05, 4.69) is 25.5 Å². The number of nitrogens with zero attached hydrogens (tertiary/aromatic N) is 3. The van der Waals surface area contributed by atoms with Crippen molar-refractivity contribution in [2.75, 3.05) is 5.32 Å². The summed E-state index contributed by atoms with van der Waals surface area (Å²) < 4.78 is 0. The first-order valence-corrected chi connectivity index (χ1v) is 8.40. The molecule has 2 N–H and O–H groups in total. The summed E-state index contributed by atoms with van der Waals surface area (Å²) >= 11 is 0. The second-order valence-corrected chi connectivity index (χ2v) is 6.49. The highest BCUT2D eigenvalue weighted by molar-refractivity contribution is 5.91. The third kappa shape index (κ3) is 3.74. The first kappa shape index (κ1) is 15.5. The molecule has 6 heteroatoms. The number of hydrogen-bond donors (Lipinski definition) is 2. The van der Waals surface area contributed by atoms with Gasteiger partial charge in [0, 0.05) is 35.6 Å². The maximum absolute atomic E-state index is 12.2. The maximum atomic E-state index is 12.2. The van der Waals surface area contributed by atoms with Crippen LogP contribution in [0, 0.1) is 6.92 Å². The molecule has 1 aliphatic rings. The van der Waals surface area contributed by atoms with E-state index in [0.29, 0.717) is 24.0 Å². The van der Waals surface area contributed by atoms with Gasteiger partial charge in [0.05, 0.1) is 6.42 Å². The molecule has 4 rings (SSSR count).